The molecule has 0 aromatic carbocycles. The third kappa shape index (κ3) is 5.58. The number of hydrogen-bond acceptors (Lipinski definition) is 4. The van der Waals surface area contributed by atoms with Crippen LogP contribution in [0, 0.1) is 0 Å². The molecular formula is C13H23N3O5. The van der Waals surface area contributed by atoms with Crippen LogP contribution in [0.15, 0.2) is 0 Å². The van der Waals surface area contributed by atoms with Crippen molar-refractivity contribution in [2.45, 2.75) is 25.8 Å². The molecule has 1 saturated heterocycles. The van der Waals surface area contributed by atoms with Gasteiger partial charge in [0.2, 0.25) is 5.91 Å². The summed E-state index contributed by atoms with van der Waals surface area (Å²) in [5.41, 5.74) is 0. The zero-order chi connectivity index (χ0) is 15.8. The van der Waals surface area contributed by atoms with Gasteiger partial charge in [-0.25, -0.2) is 9.59 Å². The summed E-state index contributed by atoms with van der Waals surface area (Å²) in [4.78, 5) is 37.6. The summed E-state index contributed by atoms with van der Waals surface area (Å²) in [5.74, 6) is -1.07. The van der Waals surface area contributed by atoms with Crippen LogP contribution in [0.5, 0.6) is 0 Å². The van der Waals surface area contributed by atoms with E-state index in [4.69, 9.17) is 9.84 Å². The number of methoxy groups -OCH3 is 1. The highest BCUT2D eigenvalue weighted by Gasteiger charge is 2.26. The molecule has 3 amide bonds. The number of nitrogens with zero attached hydrogens (tertiary/aromatic N) is 2. The van der Waals surface area contributed by atoms with Crippen molar-refractivity contribution in [3.8, 4) is 0 Å². The quantitative estimate of drug-likeness (QED) is 0.659. The average molecular weight is 301 g/mol. The van der Waals surface area contributed by atoms with E-state index in [1.165, 1.54) is 11.8 Å². The number of hydrogen-bond donors (Lipinski definition) is 2. The van der Waals surface area contributed by atoms with Crippen molar-refractivity contribution in [3.63, 3.8) is 0 Å². The number of carbonyl (C=O) groups is 3. The van der Waals surface area contributed by atoms with Crippen LogP contribution in [0.1, 0.15) is 19.8 Å². The van der Waals surface area contributed by atoms with Crippen molar-refractivity contribution in [1.29, 1.82) is 0 Å². The first-order valence-corrected chi connectivity index (χ1v) is 6.98. The number of carboxylic acids is 1. The number of urea groups is 1. The molecule has 1 unspecified atom stereocenters. The third-order valence-electron chi connectivity index (χ3n) is 3.45. The van der Waals surface area contributed by atoms with E-state index in [1.807, 2.05) is 0 Å². The second kappa shape index (κ2) is 8.46. The first-order chi connectivity index (χ1) is 9.95. The van der Waals surface area contributed by atoms with Crippen LogP contribution < -0.4 is 5.32 Å². The van der Waals surface area contributed by atoms with Crippen LogP contribution in [-0.4, -0.2) is 78.8 Å². The monoisotopic (exact) mass is 301 g/mol. The lowest BCUT2D eigenvalue weighted by Gasteiger charge is -2.34. The van der Waals surface area contributed by atoms with E-state index >= 15 is 0 Å². The molecule has 0 aromatic heterocycles. The second-order valence-electron chi connectivity index (χ2n) is 4.97. The Morgan fingerprint density at radius 1 is 1.19 bits per heavy atom. The topological polar surface area (TPSA) is 99.2 Å². The molecular weight excluding hydrogens is 278 g/mol. The first kappa shape index (κ1) is 17.2. The van der Waals surface area contributed by atoms with E-state index in [9.17, 15) is 14.4 Å². The molecule has 0 aliphatic carbocycles. The summed E-state index contributed by atoms with van der Waals surface area (Å²) < 4.78 is 4.87. The van der Waals surface area contributed by atoms with E-state index in [2.05, 4.69) is 5.32 Å². The van der Waals surface area contributed by atoms with Gasteiger partial charge in [-0.3, -0.25) is 4.79 Å². The minimum Gasteiger partial charge on any atom is -0.480 e. The number of aliphatic carboxylic acids is 1. The molecule has 1 rings (SSSR count). The SMILES string of the molecule is COCCCC(NC(=O)N1CCN(C(C)=O)CC1)C(=O)O. The largest absolute Gasteiger partial charge is 0.480 e. The van der Waals surface area contributed by atoms with E-state index < -0.39 is 18.0 Å². The Morgan fingerprint density at radius 3 is 2.24 bits per heavy atom. The molecule has 0 spiro atoms. The van der Waals surface area contributed by atoms with E-state index in [-0.39, 0.29) is 5.91 Å². The Kier molecular flexibility index (Phi) is 6.93. The molecule has 1 aliphatic heterocycles. The number of nitrogens with one attached hydrogen (secondary N) is 1. The van der Waals surface area contributed by atoms with Gasteiger partial charge in [0, 0.05) is 46.8 Å². The summed E-state index contributed by atoms with van der Waals surface area (Å²) in [5, 5.41) is 11.6. The van der Waals surface area contributed by atoms with Gasteiger partial charge in [-0.1, -0.05) is 0 Å². The molecule has 1 heterocycles. The smallest absolute Gasteiger partial charge is 0.326 e. The van der Waals surface area contributed by atoms with E-state index in [0.717, 1.165) is 0 Å². The number of carboxylic acid groups (broad SMARTS) is 1. The lowest BCUT2D eigenvalue weighted by Crippen LogP contribution is -2.55. The van der Waals surface area contributed by atoms with Gasteiger partial charge < -0.3 is 25.0 Å². The predicted molar refractivity (Wildman–Crippen MR) is 74.9 cm³/mol. The molecule has 8 nitrogen and oxygen atoms in total. The maximum absolute atomic E-state index is 12.0. The van der Waals surface area contributed by atoms with Crippen LogP contribution in [0.2, 0.25) is 0 Å². The van der Waals surface area contributed by atoms with Crippen LogP contribution >= 0.6 is 0 Å². The molecule has 0 radical (unpaired) electrons. The molecule has 8 heteroatoms. The highest BCUT2D eigenvalue weighted by molar-refractivity contribution is 5.82. The molecule has 21 heavy (non-hydrogen) atoms. The molecule has 1 aliphatic rings. The van der Waals surface area contributed by atoms with Crippen molar-refractivity contribution in [2.75, 3.05) is 39.9 Å². The van der Waals surface area contributed by atoms with Gasteiger partial charge in [0.05, 0.1) is 0 Å². The van der Waals surface area contributed by atoms with Gasteiger partial charge in [0.15, 0.2) is 0 Å². The number of carbonyl (C=O) groups excluding carboxylic acids is 2. The number of amides is 3. The van der Waals surface area contributed by atoms with Crippen LogP contribution in [-0.2, 0) is 14.3 Å². The molecule has 2 N–H and O–H groups in total. The summed E-state index contributed by atoms with van der Waals surface area (Å²) >= 11 is 0. The van der Waals surface area contributed by atoms with Crippen molar-refractivity contribution in [1.82, 2.24) is 15.1 Å². The Bertz CT molecular complexity index is 380. The van der Waals surface area contributed by atoms with Gasteiger partial charge in [-0.05, 0) is 12.8 Å². The maximum Gasteiger partial charge on any atom is 0.326 e. The van der Waals surface area contributed by atoms with E-state index in [1.54, 1.807) is 12.0 Å². The van der Waals surface area contributed by atoms with Crippen molar-refractivity contribution in [3.05, 3.63) is 0 Å². The lowest BCUT2D eigenvalue weighted by atomic mass is 10.1. The summed E-state index contributed by atoms with van der Waals surface area (Å²) in [6, 6.07) is -1.32. The molecule has 120 valence electrons. The van der Waals surface area contributed by atoms with Crippen molar-refractivity contribution in [2.24, 2.45) is 0 Å². The number of ether oxygens (including phenoxy) is 1. The Morgan fingerprint density at radius 2 is 1.76 bits per heavy atom. The lowest BCUT2D eigenvalue weighted by molar-refractivity contribution is -0.139. The predicted octanol–water partition coefficient (Wildman–Crippen LogP) is -0.260. The second-order valence-corrected chi connectivity index (χ2v) is 4.97. The molecule has 0 saturated carbocycles. The van der Waals surface area contributed by atoms with Crippen LogP contribution in [0.3, 0.4) is 0 Å². The van der Waals surface area contributed by atoms with Crippen molar-refractivity contribution >= 4 is 17.9 Å². The van der Waals surface area contributed by atoms with E-state index in [0.29, 0.717) is 45.6 Å². The fourth-order valence-electron chi connectivity index (χ4n) is 2.15. The van der Waals surface area contributed by atoms with Gasteiger partial charge >= 0.3 is 12.0 Å². The molecule has 1 fully saturated rings. The van der Waals surface area contributed by atoms with Crippen LogP contribution in [0.25, 0.3) is 0 Å². The summed E-state index contributed by atoms with van der Waals surface area (Å²) in [7, 11) is 1.54. The fourth-order valence-corrected chi connectivity index (χ4v) is 2.15. The minimum atomic E-state index is -1.05. The zero-order valence-electron chi connectivity index (χ0n) is 12.5. The number of piperazine rings is 1. The highest BCUT2D eigenvalue weighted by Crippen LogP contribution is 2.04. The van der Waals surface area contributed by atoms with Crippen LogP contribution in [0.4, 0.5) is 4.79 Å². The molecule has 0 aromatic rings. The Hall–Kier alpha value is -1.83. The normalized spacial score (nSPS) is 16.5. The number of rotatable bonds is 6. The minimum absolute atomic E-state index is 0.0157. The maximum atomic E-state index is 12.0. The standard InChI is InChI=1S/C13H23N3O5/c1-10(17)15-5-7-16(8-6-15)13(20)14-11(12(18)19)4-3-9-21-2/h11H,3-9H2,1-2H3,(H,14,20)(H,18,19). The van der Waals surface area contributed by atoms with Gasteiger partial charge in [-0.15, -0.1) is 0 Å². The molecule has 0 bridgehead atoms. The fraction of sp³-hybridized carbons (Fsp3) is 0.769. The Labute approximate surface area is 124 Å². The van der Waals surface area contributed by atoms with Crippen molar-refractivity contribution < 1.29 is 24.2 Å². The third-order valence-corrected chi connectivity index (χ3v) is 3.45. The van der Waals surface area contributed by atoms with Gasteiger partial charge in [0.25, 0.3) is 0 Å². The Balaban J connectivity index is 2.43. The summed E-state index contributed by atoms with van der Waals surface area (Å²) in [6.45, 7) is 3.73. The summed E-state index contributed by atoms with van der Waals surface area (Å²) in [6.07, 6.45) is 0.883. The van der Waals surface area contributed by atoms with Gasteiger partial charge in [0.1, 0.15) is 6.04 Å². The highest BCUT2D eigenvalue weighted by atomic mass is 16.5. The zero-order valence-corrected chi connectivity index (χ0v) is 12.5. The average Bonchev–Trinajstić information content (AvgIpc) is 2.46. The van der Waals surface area contributed by atoms with Gasteiger partial charge in [-0.2, -0.15) is 0 Å². The molecule has 1 atom stereocenters. The first-order valence-electron chi connectivity index (χ1n) is 6.98.